The van der Waals surface area contributed by atoms with Gasteiger partial charge >= 0.3 is 0 Å². The summed E-state index contributed by atoms with van der Waals surface area (Å²) >= 11 is 0. The summed E-state index contributed by atoms with van der Waals surface area (Å²) in [6.07, 6.45) is 3.17. The first kappa shape index (κ1) is 14.1. The Labute approximate surface area is 124 Å². The molecule has 0 aliphatic carbocycles. The van der Waals surface area contributed by atoms with Gasteiger partial charge in [-0.2, -0.15) is 0 Å². The number of likely N-dealkylation sites (tertiary alicyclic amines) is 1. The van der Waals surface area contributed by atoms with Crippen molar-refractivity contribution < 1.29 is 9.90 Å². The molecule has 0 radical (unpaired) electrons. The molecule has 1 heterocycles. The van der Waals surface area contributed by atoms with Crippen LogP contribution in [0.2, 0.25) is 0 Å². The second-order valence-electron chi connectivity index (χ2n) is 5.82. The predicted molar refractivity (Wildman–Crippen MR) is 85.9 cm³/mol. The van der Waals surface area contributed by atoms with Crippen molar-refractivity contribution in [3.63, 3.8) is 0 Å². The molecule has 110 valence electrons. The third-order valence-corrected chi connectivity index (χ3v) is 4.42. The molecule has 3 heteroatoms. The molecule has 1 aliphatic rings. The molecular weight excluding hydrogens is 262 g/mol. The zero-order valence-corrected chi connectivity index (χ0v) is 12.4. The number of nitrogens with zero attached hydrogens (tertiary/aromatic N) is 1. The monoisotopic (exact) mass is 283 g/mol. The maximum Gasteiger partial charge on any atom is 0.219 e. The standard InChI is InChI=1S/C10H6.C8H15NO2/c1-2-8-6-9-3-4-10(8)5-7(1)9;1-7(11)9-5-3-2-4-8(9)6-10/h1-6H;8,10H,2-6H2,1H3. The van der Waals surface area contributed by atoms with Crippen LogP contribution in [-0.4, -0.2) is 35.1 Å². The SMILES string of the molecule is CC(=O)N1CCCCC1CO.c1cc2cc3ccc2cc13. The minimum Gasteiger partial charge on any atom is -0.394 e. The Kier molecular flexibility index (Phi) is 3.93. The number of aliphatic hydroxyl groups is 1. The summed E-state index contributed by atoms with van der Waals surface area (Å²) < 4.78 is 0. The van der Waals surface area contributed by atoms with Crippen LogP contribution in [0.3, 0.4) is 0 Å². The molecule has 1 N–H and O–H groups in total. The first-order valence-electron chi connectivity index (χ1n) is 7.61. The fourth-order valence-corrected chi connectivity index (χ4v) is 3.21. The number of hydrogen-bond donors (Lipinski definition) is 1. The van der Waals surface area contributed by atoms with E-state index in [1.807, 2.05) is 0 Å². The van der Waals surface area contributed by atoms with Gasteiger partial charge in [-0.15, -0.1) is 0 Å². The second-order valence-corrected chi connectivity index (χ2v) is 5.82. The Morgan fingerprint density at radius 2 is 1.62 bits per heavy atom. The number of carbonyl (C=O) groups excluding carboxylic acids is 1. The molecule has 1 saturated heterocycles. The third-order valence-electron chi connectivity index (χ3n) is 4.42. The van der Waals surface area contributed by atoms with E-state index in [-0.39, 0.29) is 18.6 Å². The van der Waals surface area contributed by atoms with E-state index in [2.05, 4.69) is 36.4 Å². The first-order valence-corrected chi connectivity index (χ1v) is 7.61. The van der Waals surface area contributed by atoms with Gasteiger partial charge in [-0.1, -0.05) is 24.3 Å². The van der Waals surface area contributed by atoms with Crippen molar-refractivity contribution in [3.05, 3.63) is 36.4 Å². The van der Waals surface area contributed by atoms with Gasteiger partial charge in [0, 0.05) is 13.5 Å². The maximum absolute atomic E-state index is 11.0. The van der Waals surface area contributed by atoms with E-state index in [0.29, 0.717) is 0 Å². The molecule has 0 spiro atoms. The molecule has 0 saturated carbocycles. The van der Waals surface area contributed by atoms with Crippen molar-refractivity contribution in [2.24, 2.45) is 0 Å². The van der Waals surface area contributed by atoms with E-state index in [1.165, 1.54) is 21.5 Å². The summed E-state index contributed by atoms with van der Waals surface area (Å²) in [5, 5.41) is 14.4. The van der Waals surface area contributed by atoms with Crippen molar-refractivity contribution in [3.8, 4) is 0 Å². The van der Waals surface area contributed by atoms with Crippen LogP contribution in [0.1, 0.15) is 26.2 Å². The molecule has 5 aromatic carbocycles. The molecule has 1 amide bonds. The highest BCUT2D eigenvalue weighted by Gasteiger charge is 2.22. The number of piperidine rings is 1. The zero-order valence-electron chi connectivity index (χ0n) is 12.4. The number of amides is 1. The van der Waals surface area contributed by atoms with Crippen LogP contribution in [-0.2, 0) is 4.79 Å². The largest absolute Gasteiger partial charge is 0.394 e. The van der Waals surface area contributed by atoms with Crippen molar-refractivity contribution in [2.75, 3.05) is 13.2 Å². The minimum absolute atomic E-state index is 0.0845. The molecular formula is C18H21NO2. The maximum atomic E-state index is 11.0. The van der Waals surface area contributed by atoms with E-state index in [0.717, 1.165) is 25.8 Å². The number of aliphatic hydroxyl groups excluding tert-OH is 1. The highest BCUT2D eigenvalue weighted by Crippen LogP contribution is 2.27. The summed E-state index contributed by atoms with van der Waals surface area (Å²) in [7, 11) is 0. The lowest BCUT2D eigenvalue weighted by molar-refractivity contribution is -0.133. The van der Waals surface area contributed by atoms with Gasteiger partial charge in [0.25, 0.3) is 0 Å². The normalized spacial score (nSPS) is 19.0. The summed E-state index contributed by atoms with van der Waals surface area (Å²) in [6, 6.07) is 13.3. The van der Waals surface area contributed by atoms with Crippen molar-refractivity contribution >= 4 is 27.5 Å². The van der Waals surface area contributed by atoms with E-state index < -0.39 is 0 Å². The fraction of sp³-hybridized carbons (Fsp3) is 0.389. The summed E-state index contributed by atoms with van der Waals surface area (Å²) in [5.41, 5.74) is 0. The number of carbonyl (C=O) groups is 1. The Hall–Kier alpha value is -1.87. The molecule has 4 bridgehead atoms. The number of rotatable bonds is 1. The third kappa shape index (κ3) is 2.79. The lowest BCUT2D eigenvalue weighted by Gasteiger charge is -2.33. The van der Waals surface area contributed by atoms with Gasteiger partial charge < -0.3 is 10.0 Å². The quantitative estimate of drug-likeness (QED) is 0.744. The predicted octanol–water partition coefficient (Wildman–Crippen LogP) is 3.25. The summed E-state index contributed by atoms with van der Waals surface area (Å²) in [5.74, 6) is 0.0868. The Bertz CT molecular complexity index is 624. The van der Waals surface area contributed by atoms with Gasteiger partial charge in [0.05, 0.1) is 12.6 Å². The second kappa shape index (κ2) is 5.86. The van der Waals surface area contributed by atoms with Crippen LogP contribution in [0, 0.1) is 0 Å². The molecule has 1 atom stereocenters. The summed E-state index contributed by atoms with van der Waals surface area (Å²) in [6.45, 7) is 2.49. The highest BCUT2D eigenvalue weighted by molar-refractivity contribution is 6.03. The van der Waals surface area contributed by atoms with Crippen LogP contribution in [0.4, 0.5) is 0 Å². The van der Waals surface area contributed by atoms with E-state index in [4.69, 9.17) is 5.11 Å². The number of fused-ring (bicyclic) bond motifs is 2. The highest BCUT2D eigenvalue weighted by atomic mass is 16.3. The van der Waals surface area contributed by atoms with Crippen LogP contribution in [0.25, 0.3) is 21.5 Å². The van der Waals surface area contributed by atoms with Gasteiger partial charge in [0.2, 0.25) is 5.91 Å². The zero-order chi connectivity index (χ0) is 14.8. The molecule has 5 aromatic rings. The van der Waals surface area contributed by atoms with Gasteiger partial charge in [-0.25, -0.2) is 0 Å². The van der Waals surface area contributed by atoms with Crippen molar-refractivity contribution in [1.29, 1.82) is 0 Å². The molecule has 0 aromatic heterocycles. The molecule has 1 unspecified atom stereocenters. The fourth-order valence-electron chi connectivity index (χ4n) is 3.21. The van der Waals surface area contributed by atoms with Gasteiger partial charge in [-0.3, -0.25) is 4.79 Å². The van der Waals surface area contributed by atoms with Crippen molar-refractivity contribution in [1.82, 2.24) is 4.90 Å². The lowest BCUT2D eigenvalue weighted by atomic mass is 9.99. The van der Waals surface area contributed by atoms with Crippen LogP contribution < -0.4 is 0 Å². The summed E-state index contributed by atoms with van der Waals surface area (Å²) in [4.78, 5) is 12.8. The van der Waals surface area contributed by atoms with E-state index in [1.54, 1.807) is 11.8 Å². The van der Waals surface area contributed by atoms with Gasteiger partial charge in [-0.05, 0) is 52.9 Å². The van der Waals surface area contributed by atoms with Crippen molar-refractivity contribution in [2.45, 2.75) is 32.2 Å². The lowest BCUT2D eigenvalue weighted by Crippen LogP contribution is -2.44. The van der Waals surface area contributed by atoms with Gasteiger partial charge in [0.1, 0.15) is 0 Å². The number of hydrogen-bond acceptors (Lipinski definition) is 2. The first-order chi connectivity index (χ1) is 10.2. The molecule has 6 rings (SSSR count). The van der Waals surface area contributed by atoms with E-state index >= 15 is 0 Å². The van der Waals surface area contributed by atoms with Gasteiger partial charge in [0.15, 0.2) is 0 Å². The Balaban J connectivity index is 0.000000126. The molecule has 3 nitrogen and oxygen atoms in total. The van der Waals surface area contributed by atoms with Crippen LogP contribution in [0.15, 0.2) is 36.4 Å². The minimum atomic E-state index is 0.0845. The molecule has 1 fully saturated rings. The van der Waals surface area contributed by atoms with Crippen LogP contribution in [0.5, 0.6) is 0 Å². The topological polar surface area (TPSA) is 40.5 Å². The smallest absolute Gasteiger partial charge is 0.219 e. The van der Waals surface area contributed by atoms with Crippen LogP contribution >= 0.6 is 0 Å². The van der Waals surface area contributed by atoms with E-state index in [9.17, 15) is 4.79 Å². The Morgan fingerprint density at radius 3 is 1.95 bits per heavy atom. The average molecular weight is 283 g/mol. The Morgan fingerprint density at radius 1 is 1.10 bits per heavy atom. The number of benzene rings is 5. The molecule has 21 heavy (non-hydrogen) atoms. The molecule has 1 aliphatic heterocycles. The average Bonchev–Trinajstić information content (AvgIpc) is 2.55.